The summed E-state index contributed by atoms with van der Waals surface area (Å²) in [6.07, 6.45) is 0. The topological polar surface area (TPSA) is 88.7 Å². The number of hydrogen-bond acceptors (Lipinski definition) is 5. The number of nitrogens with one attached hydrogen (secondary N) is 3. The van der Waals surface area contributed by atoms with Crippen molar-refractivity contribution in [3.05, 3.63) is 71.8 Å². The summed E-state index contributed by atoms with van der Waals surface area (Å²) in [6, 6.07) is 17.3. The Morgan fingerprint density at radius 2 is 1.55 bits per heavy atom. The lowest BCUT2D eigenvalue weighted by Crippen LogP contribution is -2.22. The molecule has 0 spiro atoms. The van der Waals surface area contributed by atoms with Crippen LogP contribution in [0.15, 0.2) is 65.6 Å². The van der Waals surface area contributed by atoms with Crippen LogP contribution in [0, 0.1) is 13.8 Å². The van der Waals surface area contributed by atoms with Crippen LogP contribution in [0.4, 0.5) is 17.1 Å². The molecule has 0 bridgehead atoms. The molecular formula is C24H27N3O4S2. The summed E-state index contributed by atoms with van der Waals surface area (Å²) in [4.78, 5) is 0.000475. The van der Waals surface area contributed by atoms with Crippen molar-refractivity contribution in [1.29, 1.82) is 0 Å². The van der Waals surface area contributed by atoms with Crippen LogP contribution in [0.1, 0.15) is 18.1 Å². The van der Waals surface area contributed by atoms with Crippen molar-refractivity contribution in [2.24, 2.45) is 0 Å². The molecule has 0 aliphatic carbocycles. The lowest BCUT2D eigenvalue weighted by atomic mass is 10.1. The van der Waals surface area contributed by atoms with Gasteiger partial charge in [-0.3, -0.25) is 4.72 Å². The van der Waals surface area contributed by atoms with E-state index in [2.05, 4.69) is 15.4 Å². The number of aryl methyl sites for hydroxylation is 2. The van der Waals surface area contributed by atoms with Gasteiger partial charge < -0.3 is 20.1 Å². The van der Waals surface area contributed by atoms with E-state index < -0.39 is 10.0 Å². The van der Waals surface area contributed by atoms with Gasteiger partial charge in [0.1, 0.15) is 16.4 Å². The molecule has 0 radical (unpaired) electrons. The number of rotatable bonds is 8. The van der Waals surface area contributed by atoms with Crippen LogP contribution in [0.3, 0.4) is 0 Å². The summed E-state index contributed by atoms with van der Waals surface area (Å²) in [5.74, 6) is 1.06. The molecule has 0 atom stereocenters. The molecule has 174 valence electrons. The van der Waals surface area contributed by atoms with Crippen molar-refractivity contribution in [1.82, 2.24) is 0 Å². The van der Waals surface area contributed by atoms with Gasteiger partial charge in [0.2, 0.25) is 0 Å². The van der Waals surface area contributed by atoms with Gasteiger partial charge in [-0.15, -0.1) is 0 Å². The molecule has 0 saturated carbocycles. The van der Waals surface area contributed by atoms with Crippen LogP contribution in [0.5, 0.6) is 11.5 Å². The van der Waals surface area contributed by atoms with E-state index in [0.29, 0.717) is 29.5 Å². The van der Waals surface area contributed by atoms with Gasteiger partial charge in [0.25, 0.3) is 10.0 Å². The van der Waals surface area contributed by atoms with Crippen LogP contribution in [0.2, 0.25) is 0 Å². The highest BCUT2D eigenvalue weighted by Crippen LogP contribution is 2.29. The quantitative estimate of drug-likeness (QED) is 0.372. The van der Waals surface area contributed by atoms with E-state index in [1.54, 1.807) is 36.4 Å². The maximum atomic E-state index is 13.2. The van der Waals surface area contributed by atoms with Gasteiger partial charge in [-0.2, -0.15) is 0 Å². The highest BCUT2D eigenvalue weighted by atomic mass is 32.2. The largest absolute Gasteiger partial charge is 0.497 e. The number of anilines is 3. The molecule has 0 unspecified atom stereocenters. The molecule has 7 nitrogen and oxygen atoms in total. The molecule has 3 N–H and O–H groups in total. The van der Waals surface area contributed by atoms with Crippen LogP contribution < -0.4 is 24.8 Å². The van der Waals surface area contributed by atoms with Gasteiger partial charge in [0, 0.05) is 17.4 Å². The zero-order valence-electron chi connectivity index (χ0n) is 18.9. The Labute approximate surface area is 200 Å². The van der Waals surface area contributed by atoms with Gasteiger partial charge in [-0.05, 0) is 81.0 Å². The van der Waals surface area contributed by atoms with Gasteiger partial charge >= 0.3 is 0 Å². The van der Waals surface area contributed by atoms with E-state index >= 15 is 0 Å². The van der Waals surface area contributed by atoms with E-state index in [9.17, 15) is 8.42 Å². The third kappa shape index (κ3) is 6.36. The number of benzene rings is 3. The summed E-state index contributed by atoms with van der Waals surface area (Å²) in [5, 5.41) is 6.38. The highest BCUT2D eigenvalue weighted by molar-refractivity contribution is 7.93. The number of ether oxygens (including phenoxy) is 2. The Hall–Kier alpha value is -3.30. The predicted molar refractivity (Wildman–Crippen MR) is 137 cm³/mol. The minimum atomic E-state index is -3.95. The monoisotopic (exact) mass is 485 g/mol. The first-order chi connectivity index (χ1) is 15.7. The lowest BCUT2D eigenvalue weighted by Gasteiger charge is -2.17. The Balaban J connectivity index is 1.85. The fraction of sp³-hybridized carbons (Fsp3) is 0.208. The average Bonchev–Trinajstić information content (AvgIpc) is 2.77. The molecule has 0 aliphatic heterocycles. The van der Waals surface area contributed by atoms with Crippen molar-refractivity contribution in [2.75, 3.05) is 29.1 Å². The maximum Gasteiger partial charge on any atom is 0.264 e. The third-order valence-electron chi connectivity index (χ3n) is 4.77. The van der Waals surface area contributed by atoms with Gasteiger partial charge in [0.05, 0.1) is 19.4 Å². The Bertz CT molecular complexity index is 1240. The van der Waals surface area contributed by atoms with Gasteiger partial charge in [0.15, 0.2) is 5.11 Å². The van der Waals surface area contributed by atoms with Crippen LogP contribution in [0.25, 0.3) is 0 Å². The van der Waals surface area contributed by atoms with Crippen molar-refractivity contribution >= 4 is 44.4 Å². The van der Waals surface area contributed by atoms with Crippen molar-refractivity contribution in [2.45, 2.75) is 25.7 Å². The number of thiocarbonyl (C=S) groups is 1. The van der Waals surface area contributed by atoms with Crippen LogP contribution >= 0.6 is 12.2 Å². The molecule has 0 aliphatic rings. The molecular weight excluding hydrogens is 458 g/mol. The number of hydrogen-bond donors (Lipinski definition) is 3. The zero-order valence-corrected chi connectivity index (χ0v) is 20.6. The molecule has 0 heterocycles. The average molecular weight is 486 g/mol. The van der Waals surface area contributed by atoms with Crippen molar-refractivity contribution in [3.63, 3.8) is 0 Å². The van der Waals surface area contributed by atoms with E-state index in [-0.39, 0.29) is 10.0 Å². The molecule has 0 saturated heterocycles. The third-order valence-corrected chi connectivity index (χ3v) is 6.40. The smallest absolute Gasteiger partial charge is 0.264 e. The predicted octanol–water partition coefficient (Wildman–Crippen LogP) is 5.32. The van der Waals surface area contributed by atoms with E-state index in [0.717, 1.165) is 16.8 Å². The van der Waals surface area contributed by atoms with E-state index in [4.69, 9.17) is 21.7 Å². The van der Waals surface area contributed by atoms with Gasteiger partial charge in [-0.25, -0.2) is 8.42 Å². The molecule has 3 aromatic rings. The number of sulfonamides is 1. The summed E-state index contributed by atoms with van der Waals surface area (Å²) in [7, 11) is -2.48. The zero-order chi connectivity index (χ0) is 24.0. The molecule has 9 heteroatoms. The molecule has 0 fully saturated rings. The standard InChI is InChI=1S/C24H27N3O4S2/c1-5-31-19-9-7-18(8-10-19)27-33(28,29)23-15-20(30-4)11-13-22(23)26-24(32)25-21-12-6-16(2)14-17(21)3/h6-15,27H,5H2,1-4H3,(H2,25,26,32). The fourth-order valence-electron chi connectivity index (χ4n) is 3.18. The second kappa shape index (κ2) is 10.5. The van der Waals surface area contributed by atoms with Crippen molar-refractivity contribution in [3.8, 4) is 11.5 Å². The Morgan fingerprint density at radius 1 is 0.909 bits per heavy atom. The summed E-state index contributed by atoms with van der Waals surface area (Å²) < 4.78 is 39.7. The fourth-order valence-corrected chi connectivity index (χ4v) is 4.64. The van der Waals surface area contributed by atoms with Gasteiger partial charge in [-0.1, -0.05) is 17.7 Å². The summed E-state index contributed by atoms with van der Waals surface area (Å²) in [5.41, 5.74) is 3.72. The molecule has 0 aromatic heterocycles. The molecule has 0 amide bonds. The summed E-state index contributed by atoms with van der Waals surface area (Å²) in [6.45, 7) is 6.40. The molecule has 3 rings (SSSR count). The van der Waals surface area contributed by atoms with E-state index in [1.807, 2.05) is 39.0 Å². The Morgan fingerprint density at radius 3 is 2.18 bits per heavy atom. The Kier molecular flexibility index (Phi) is 7.78. The van der Waals surface area contributed by atoms with Crippen molar-refractivity contribution < 1.29 is 17.9 Å². The second-order valence-electron chi connectivity index (χ2n) is 7.32. The SMILES string of the molecule is CCOc1ccc(NS(=O)(=O)c2cc(OC)ccc2NC(=S)Nc2ccc(C)cc2C)cc1. The van der Waals surface area contributed by atoms with Crippen LogP contribution in [-0.2, 0) is 10.0 Å². The van der Waals surface area contributed by atoms with Crippen LogP contribution in [-0.4, -0.2) is 27.2 Å². The first kappa shape index (κ1) is 24.3. The molecule has 33 heavy (non-hydrogen) atoms. The second-order valence-corrected chi connectivity index (χ2v) is 9.38. The minimum Gasteiger partial charge on any atom is -0.497 e. The first-order valence-corrected chi connectivity index (χ1v) is 12.2. The number of methoxy groups -OCH3 is 1. The summed E-state index contributed by atoms with van der Waals surface area (Å²) >= 11 is 5.44. The van der Waals surface area contributed by atoms with E-state index in [1.165, 1.54) is 13.2 Å². The molecule has 3 aromatic carbocycles. The maximum absolute atomic E-state index is 13.2. The lowest BCUT2D eigenvalue weighted by molar-refractivity contribution is 0.340. The first-order valence-electron chi connectivity index (χ1n) is 10.3. The highest BCUT2D eigenvalue weighted by Gasteiger charge is 2.21. The normalized spacial score (nSPS) is 10.9. The minimum absolute atomic E-state index is 0.000475.